The highest BCUT2D eigenvalue weighted by Gasteiger charge is 2.11. The van der Waals surface area contributed by atoms with Gasteiger partial charge in [-0.05, 0) is 44.9 Å². The Morgan fingerprint density at radius 3 is 3.00 bits per heavy atom. The molecule has 11 heavy (non-hydrogen) atoms. The third kappa shape index (κ3) is 3.06. The molecule has 0 radical (unpaired) electrons. The van der Waals surface area contributed by atoms with Gasteiger partial charge in [0.15, 0.2) is 0 Å². The molecule has 1 nitrogen and oxygen atoms in total. The first kappa shape index (κ1) is 8.79. The van der Waals surface area contributed by atoms with Crippen molar-refractivity contribution in [3.8, 4) is 0 Å². The van der Waals surface area contributed by atoms with Gasteiger partial charge >= 0.3 is 0 Å². The maximum atomic E-state index is 8.63. The molecule has 0 heterocycles. The van der Waals surface area contributed by atoms with Crippen LogP contribution in [0.15, 0.2) is 11.6 Å². The van der Waals surface area contributed by atoms with Crippen LogP contribution >= 0.6 is 0 Å². The largest absolute Gasteiger partial charge is 0.396 e. The van der Waals surface area contributed by atoms with Crippen LogP contribution in [-0.4, -0.2) is 11.7 Å². The molecule has 64 valence electrons. The van der Waals surface area contributed by atoms with Gasteiger partial charge in [0.2, 0.25) is 0 Å². The van der Waals surface area contributed by atoms with Crippen LogP contribution in [0.3, 0.4) is 0 Å². The number of rotatable bonds is 3. The van der Waals surface area contributed by atoms with Crippen LogP contribution in [0.5, 0.6) is 0 Å². The average Bonchev–Trinajstić information content (AvgIpc) is 2.04. The van der Waals surface area contributed by atoms with Gasteiger partial charge in [-0.15, -0.1) is 0 Å². The molecule has 0 aliphatic heterocycles. The molecule has 1 unspecified atom stereocenters. The lowest BCUT2D eigenvalue weighted by Gasteiger charge is -2.19. The van der Waals surface area contributed by atoms with Gasteiger partial charge in [-0.3, -0.25) is 0 Å². The van der Waals surface area contributed by atoms with Gasteiger partial charge in [-0.2, -0.15) is 0 Å². The van der Waals surface area contributed by atoms with Crippen LogP contribution in [0.2, 0.25) is 0 Å². The molecule has 0 aromatic carbocycles. The van der Waals surface area contributed by atoms with E-state index < -0.39 is 0 Å². The Balaban J connectivity index is 2.18. The lowest BCUT2D eigenvalue weighted by molar-refractivity contribution is 0.267. The molecular weight excluding hydrogens is 136 g/mol. The summed E-state index contributed by atoms with van der Waals surface area (Å²) in [6.07, 6.45) is 8.40. The highest BCUT2D eigenvalue weighted by Crippen LogP contribution is 2.26. The molecule has 1 atom stereocenters. The molecule has 0 saturated heterocycles. The molecule has 0 bridgehead atoms. The molecule has 0 spiro atoms. The molecule has 1 aliphatic rings. The topological polar surface area (TPSA) is 20.2 Å². The number of aliphatic hydroxyl groups excluding tert-OH is 1. The van der Waals surface area contributed by atoms with Crippen LogP contribution in [0, 0.1) is 5.92 Å². The second-order valence-electron chi connectivity index (χ2n) is 3.56. The molecule has 0 fully saturated rings. The molecule has 0 saturated carbocycles. The van der Waals surface area contributed by atoms with Crippen molar-refractivity contribution in [3.63, 3.8) is 0 Å². The highest BCUT2D eigenvalue weighted by atomic mass is 16.2. The van der Waals surface area contributed by atoms with Crippen molar-refractivity contribution in [2.45, 2.75) is 39.0 Å². The summed E-state index contributed by atoms with van der Waals surface area (Å²) in [7, 11) is 0. The first-order valence-corrected chi connectivity index (χ1v) is 4.59. The van der Waals surface area contributed by atoms with Crippen molar-refractivity contribution in [1.82, 2.24) is 0 Å². The Morgan fingerprint density at radius 1 is 1.64 bits per heavy atom. The van der Waals surface area contributed by atoms with Crippen LogP contribution in [0.4, 0.5) is 0 Å². The number of allylic oxidation sites excluding steroid dienone is 2. The SMILES string of the molecule is CC1=CCC(CCCO)CC1. The normalized spacial score (nSPS) is 24.9. The van der Waals surface area contributed by atoms with E-state index >= 15 is 0 Å². The lowest BCUT2D eigenvalue weighted by Crippen LogP contribution is -2.05. The zero-order valence-electron chi connectivity index (χ0n) is 7.34. The predicted molar refractivity (Wildman–Crippen MR) is 47.4 cm³/mol. The van der Waals surface area contributed by atoms with Gasteiger partial charge in [0.05, 0.1) is 0 Å². The highest BCUT2D eigenvalue weighted by molar-refractivity contribution is 5.02. The Bertz CT molecular complexity index is 138. The van der Waals surface area contributed by atoms with Crippen LogP contribution in [0.25, 0.3) is 0 Å². The molecule has 1 rings (SSSR count). The van der Waals surface area contributed by atoms with E-state index in [4.69, 9.17) is 5.11 Å². The monoisotopic (exact) mass is 154 g/mol. The van der Waals surface area contributed by atoms with Crippen molar-refractivity contribution in [2.24, 2.45) is 5.92 Å². The summed E-state index contributed by atoms with van der Waals surface area (Å²) in [5.74, 6) is 0.853. The van der Waals surface area contributed by atoms with Crippen LogP contribution in [-0.2, 0) is 0 Å². The third-order valence-corrected chi connectivity index (χ3v) is 2.52. The fraction of sp³-hybridized carbons (Fsp3) is 0.800. The van der Waals surface area contributed by atoms with E-state index in [1.54, 1.807) is 5.57 Å². The smallest absolute Gasteiger partial charge is 0.0431 e. The van der Waals surface area contributed by atoms with E-state index in [1.165, 1.54) is 25.7 Å². The van der Waals surface area contributed by atoms with Gasteiger partial charge in [-0.1, -0.05) is 11.6 Å². The average molecular weight is 154 g/mol. The number of hydrogen-bond donors (Lipinski definition) is 1. The lowest BCUT2D eigenvalue weighted by atomic mass is 9.87. The van der Waals surface area contributed by atoms with Gasteiger partial charge in [-0.25, -0.2) is 0 Å². The number of aliphatic hydroxyl groups is 1. The van der Waals surface area contributed by atoms with Crippen molar-refractivity contribution in [3.05, 3.63) is 11.6 Å². The summed E-state index contributed by atoms with van der Waals surface area (Å²) >= 11 is 0. The van der Waals surface area contributed by atoms with E-state index in [2.05, 4.69) is 13.0 Å². The third-order valence-electron chi connectivity index (χ3n) is 2.52. The van der Waals surface area contributed by atoms with Gasteiger partial charge in [0, 0.05) is 6.61 Å². The quantitative estimate of drug-likeness (QED) is 0.619. The summed E-state index contributed by atoms with van der Waals surface area (Å²) in [5, 5.41) is 8.63. The molecule has 0 amide bonds. The van der Waals surface area contributed by atoms with E-state index in [1.807, 2.05) is 0 Å². The van der Waals surface area contributed by atoms with E-state index in [0.29, 0.717) is 6.61 Å². The predicted octanol–water partition coefficient (Wildman–Crippen LogP) is 2.51. The van der Waals surface area contributed by atoms with E-state index in [-0.39, 0.29) is 0 Å². The molecule has 1 aliphatic carbocycles. The van der Waals surface area contributed by atoms with Gasteiger partial charge in [0.25, 0.3) is 0 Å². The Hall–Kier alpha value is -0.300. The zero-order valence-corrected chi connectivity index (χ0v) is 7.34. The first-order chi connectivity index (χ1) is 5.33. The van der Waals surface area contributed by atoms with Gasteiger partial charge in [0.1, 0.15) is 0 Å². The minimum Gasteiger partial charge on any atom is -0.396 e. The molecule has 0 aromatic heterocycles. The summed E-state index contributed by atoms with van der Waals surface area (Å²) in [5.41, 5.74) is 1.55. The molecule has 1 N–H and O–H groups in total. The zero-order chi connectivity index (χ0) is 8.10. The summed E-state index contributed by atoms with van der Waals surface area (Å²) in [6, 6.07) is 0. The molecular formula is C10H18O. The summed E-state index contributed by atoms with van der Waals surface area (Å²) < 4.78 is 0. The molecule has 0 aromatic rings. The maximum absolute atomic E-state index is 8.63. The maximum Gasteiger partial charge on any atom is 0.0431 e. The number of hydrogen-bond acceptors (Lipinski definition) is 1. The minimum absolute atomic E-state index is 0.360. The van der Waals surface area contributed by atoms with Crippen molar-refractivity contribution in [2.75, 3.05) is 6.61 Å². The Labute approximate surface area is 69.1 Å². The molecule has 1 heteroatoms. The van der Waals surface area contributed by atoms with Crippen molar-refractivity contribution >= 4 is 0 Å². The summed E-state index contributed by atoms with van der Waals surface area (Å²) in [4.78, 5) is 0. The first-order valence-electron chi connectivity index (χ1n) is 4.59. The standard InChI is InChI=1S/C10H18O/c1-9-4-6-10(7-5-9)3-2-8-11/h4,10-11H,2-3,5-8H2,1H3. The fourth-order valence-electron chi connectivity index (χ4n) is 1.66. The van der Waals surface area contributed by atoms with Crippen LogP contribution < -0.4 is 0 Å². The second-order valence-corrected chi connectivity index (χ2v) is 3.56. The Kier molecular flexibility index (Phi) is 3.64. The Morgan fingerprint density at radius 2 is 2.45 bits per heavy atom. The van der Waals surface area contributed by atoms with E-state index in [0.717, 1.165) is 12.3 Å². The minimum atomic E-state index is 0.360. The van der Waals surface area contributed by atoms with Crippen LogP contribution in [0.1, 0.15) is 39.0 Å². The fourth-order valence-corrected chi connectivity index (χ4v) is 1.66. The van der Waals surface area contributed by atoms with Crippen molar-refractivity contribution in [1.29, 1.82) is 0 Å². The summed E-state index contributed by atoms with van der Waals surface area (Å²) in [6.45, 7) is 2.57. The second kappa shape index (κ2) is 4.55. The van der Waals surface area contributed by atoms with Gasteiger partial charge < -0.3 is 5.11 Å². The van der Waals surface area contributed by atoms with E-state index in [9.17, 15) is 0 Å². The van der Waals surface area contributed by atoms with Crippen molar-refractivity contribution < 1.29 is 5.11 Å².